The minimum absolute atomic E-state index is 0. The maximum atomic E-state index is 5.58. The van der Waals surface area contributed by atoms with Crippen LogP contribution in [0.3, 0.4) is 0 Å². The summed E-state index contributed by atoms with van der Waals surface area (Å²) in [5, 5.41) is 8.59. The number of aliphatic imine (C=N–C) groups is 1. The van der Waals surface area contributed by atoms with Crippen molar-refractivity contribution in [2.24, 2.45) is 4.99 Å². The minimum Gasteiger partial charge on any atom is -0.376 e. The Bertz CT molecular complexity index is 562. The zero-order valence-corrected chi connectivity index (χ0v) is 15.1. The highest BCUT2D eigenvalue weighted by atomic mass is 127. The van der Waals surface area contributed by atoms with Crippen LogP contribution in [0.15, 0.2) is 22.8 Å². The smallest absolute Gasteiger partial charge is 0.193 e. The van der Waals surface area contributed by atoms with E-state index in [2.05, 4.69) is 20.6 Å². The summed E-state index contributed by atoms with van der Waals surface area (Å²) in [5.41, 5.74) is 1.01. The molecule has 2 aromatic rings. The summed E-state index contributed by atoms with van der Waals surface area (Å²) >= 11 is 1.64. The Morgan fingerprint density at radius 2 is 2.48 bits per heavy atom. The van der Waals surface area contributed by atoms with Gasteiger partial charge in [-0.25, -0.2) is 4.98 Å². The second-order valence-corrected chi connectivity index (χ2v) is 5.64. The third-order valence-corrected chi connectivity index (χ3v) is 4.10. The minimum atomic E-state index is 0. The molecular weight excluding hydrogens is 401 g/mol. The van der Waals surface area contributed by atoms with Crippen molar-refractivity contribution in [2.45, 2.75) is 25.5 Å². The first-order valence-corrected chi connectivity index (χ1v) is 7.70. The fraction of sp³-hybridized carbons (Fsp3) is 0.538. The van der Waals surface area contributed by atoms with Gasteiger partial charge in [-0.1, -0.05) is 0 Å². The summed E-state index contributed by atoms with van der Waals surface area (Å²) in [4.78, 5) is 9.76. The van der Waals surface area contributed by atoms with Gasteiger partial charge < -0.3 is 15.4 Å². The summed E-state index contributed by atoms with van der Waals surface area (Å²) in [5.74, 6) is 0.789. The van der Waals surface area contributed by atoms with Gasteiger partial charge in [0.25, 0.3) is 0 Å². The lowest BCUT2D eigenvalue weighted by atomic mass is 10.2. The Hall–Kier alpha value is -0.870. The maximum absolute atomic E-state index is 5.58. The Kier molecular flexibility index (Phi) is 6.24. The Balaban J connectivity index is 0.00000161. The number of nitrogens with one attached hydrogen (secondary N) is 2. The van der Waals surface area contributed by atoms with Gasteiger partial charge in [-0.15, -0.1) is 35.3 Å². The quantitative estimate of drug-likeness (QED) is 0.450. The van der Waals surface area contributed by atoms with Crippen molar-refractivity contribution < 1.29 is 4.74 Å². The van der Waals surface area contributed by atoms with Crippen molar-refractivity contribution in [3.63, 3.8) is 0 Å². The van der Waals surface area contributed by atoms with E-state index in [4.69, 9.17) is 4.74 Å². The van der Waals surface area contributed by atoms with Crippen LogP contribution in [0.4, 0.5) is 0 Å². The molecule has 1 fully saturated rings. The highest BCUT2D eigenvalue weighted by Gasteiger charge is 2.15. The molecule has 3 heterocycles. The van der Waals surface area contributed by atoms with Crippen LogP contribution in [0.25, 0.3) is 4.96 Å². The van der Waals surface area contributed by atoms with Crippen molar-refractivity contribution in [3.8, 4) is 0 Å². The highest BCUT2D eigenvalue weighted by molar-refractivity contribution is 14.0. The van der Waals surface area contributed by atoms with Crippen LogP contribution >= 0.6 is 35.3 Å². The highest BCUT2D eigenvalue weighted by Crippen LogP contribution is 2.11. The largest absolute Gasteiger partial charge is 0.376 e. The van der Waals surface area contributed by atoms with E-state index in [1.807, 2.05) is 22.2 Å². The van der Waals surface area contributed by atoms with E-state index < -0.39 is 0 Å². The van der Waals surface area contributed by atoms with Crippen molar-refractivity contribution in [2.75, 3.05) is 20.2 Å². The zero-order chi connectivity index (χ0) is 13.8. The van der Waals surface area contributed by atoms with Crippen LogP contribution in [0.5, 0.6) is 0 Å². The van der Waals surface area contributed by atoms with Crippen LogP contribution in [-0.2, 0) is 11.3 Å². The van der Waals surface area contributed by atoms with E-state index in [1.54, 1.807) is 18.4 Å². The number of aromatic nitrogens is 2. The monoisotopic (exact) mass is 421 g/mol. The molecule has 0 saturated carbocycles. The van der Waals surface area contributed by atoms with Crippen molar-refractivity contribution in [1.29, 1.82) is 0 Å². The maximum Gasteiger partial charge on any atom is 0.193 e. The van der Waals surface area contributed by atoms with E-state index in [0.29, 0.717) is 12.6 Å². The van der Waals surface area contributed by atoms with Crippen LogP contribution in [0, 0.1) is 0 Å². The lowest BCUT2D eigenvalue weighted by Crippen LogP contribution is -2.40. The van der Waals surface area contributed by atoms with E-state index in [-0.39, 0.29) is 24.0 Å². The molecule has 1 saturated heterocycles. The standard InChI is InChI=1S/C13H19N5OS.HI/c1-14-12(16-8-11-3-2-5-19-11)15-7-10-9-18-4-6-20-13(18)17-10;/h4,6,9,11H,2-3,5,7-8H2,1H3,(H2,14,15,16);1H. The molecule has 1 unspecified atom stereocenters. The van der Waals surface area contributed by atoms with Crippen LogP contribution < -0.4 is 10.6 Å². The van der Waals surface area contributed by atoms with Crippen LogP contribution in [-0.4, -0.2) is 41.6 Å². The number of nitrogens with zero attached hydrogens (tertiary/aromatic N) is 3. The number of fused-ring (bicyclic) bond motifs is 1. The first-order chi connectivity index (χ1) is 9.85. The molecule has 0 aliphatic carbocycles. The molecule has 0 amide bonds. The molecule has 0 bridgehead atoms. The Labute approximate surface area is 145 Å². The van der Waals surface area contributed by atoms with Gasteiger partial charge in [-0.3, -0.25) is 9.39 Å². The van der Waals surface area contributed by atoms with Gasteiger partial charge in [-0.05, 0) is 12.8 Å². The predicted molar refractivity (Wildman–Crippen MR) is 95.7 cm³/mol. The van der Waals surface area contributed by atoms with Crippen LogP contribution in [0.2, 0.25) is 0 Å². The number of hydrogen-bond donors (Lipinski definition) is 2. The van der Waals surface area contributed by atoms with Gasteiger partial charge in [0.1, 0.15) is 0 Å². The average molecular weight is 421 g/mol. The van der Waals surface area contributed by atoms with E-state index in [1.165, 1.54) is 0 Å². The zero-order valence-electron chi connectivity index (χ0n) is 11.9. The van der Waals surface area contributed by atoms with Crippen LogP contribution in [0.1, 0.15) is 18.5 Å². The molecule has 1 aliphatic rings. The molecule has 116 valence electrons. The summed E-state index contributed by atoms with van der Waals surface area (Å²) in [6.45, 7) is 2.35. The van der Waals surface area contributed by atoms with Gasteiger partial charge in [0.15, 0.2) is 10.9 Å². The van der Waals surface area contributed by atoms with E-state index in [9.17, 15) is 0 Å². The van der Waals surface area contributed by atoms with E-state index in [0.717, 1.165) is 42.6 Å². The number of ether oxygens (including phenoxy) is 1. The van der Waals surface area contributed by atoms with Crippen molar-refractivity contribution in [1.82, 2.24) is 20.0 Å². The van der Waals surface area contributed by atoms with Crippen molar-refractivity contribution >= 4 is 46.2 Å². The molecule has 8 heteroatoms. The first kappa shape index (κ1) is 16.5. The molecule has 1 aliphatic heterocycles. The number of imidazole rings is 1. The number of hydrogen-bond acceptors (Lipinski definition) is 4. The first-order valence-electron chi connectivity index (χ1n) is 6.82. The molecule has 6 nitrogen and oxygen atoms in total. The Morgan fingerprint density at radius 1 is 1.57 bits per heavy atom. The third-order valence-electron chi connectivity index (χ3n) is 3.32. The number of thiazole rings is 1. The second-order valence-electron chi connectivity index (χ2n) is 4.77. The van der Waals surface area contributed by atoms with Gasteiger partial charge in [0, 0.05) is 38.0 Å². The average Bonchev–Trinajstić information content (AvgIpc) is 3.15. The molecule has 0 spiro atoms. The fourth-order valence-corrected chi connectivity index (χ4v) is 2.99. The Morgan fingerprint density at radius 3 is 3.19 bits per heavy atom. The summed E-state index contributed by atoms with van der Waals surface area (Å²) in [6.07, 6.45) is 6.64. The van der Waals surface area contributed by atoms with E-state index >= 15 is 0 Å². The number of rotatable bonds is 4. The van der Waals surface area contributed by atoms with Crippen molar-refractivity contribution in [3.05, 3.63) is 23.5 Å². The molecule has 0 radical (unpaired) electrons. The van der Waals surface area contributed by atoms with Gasteiger partial charge in [0.05, 0.1) is 18.3 Å². The normalized spacial score (nSPS) is 18.7. The van der Waals surface area contributed by atoms with Gasteiger partial charge in [0.2, 0.25) is 0 Å². The topological polar surface area (TPSA) is 63.0 Å². The van der Waals surface area contributed by atoms with Gasteiger partial charge >= 0.3 is 0 Å². The lowest BCUT2D eigenvalue weighted by Gasteiger charge is -2.14. The fourth-order valence-electron chi connectivity index (χ4n) is 2.27. The summed E-state index contributed by atoms with van der Waals surface area (Å²) < 4.78 is 7.61. The molecule has 0 aromatic carbocycles. The second kappa shape index (κ2) is 7.95. The molecule has 21 heavy (non-hydrogen) atoms. The lowest BCUT2D eigenvalue weighted by molar-refractivity contribution is 0.114. The number of halogens is 1. The van der Waals surface area contributed by atoms with Gasteiger partial charge in [-0.2, -0.15) is 0 Å². The summed E-state index contributed by atoms with van der Waals surface area (Å²) in [6, 6.07) is 0. The number of guanidine groups is 1. The third kappa shape index (κ3) is 4.30. The molecule has 2 aromatic heterocycles. The predicted octanol–water partition coefficient (Wildman–Crippen LogP) is 1.86. The molecule has 2 N–H and O–H groups in total. The SMILES string of the molecule is CN=C(NCc1cn2ccsc2n1)NCC1CCCO1.I. The molecular formula is C13H20IN5OS. The molecule has 3 rings (SSSR count). The molecule has 1 atom stereocenters. The summed E-state index contributed by atoms with van der Waals surface area (Å²) in [7, 11) is 1.77.